The van der Waals surface area contributed by atoms with Crippen LogP contribution in [-0.4, -0.2) is 43.5 Å². The van der Waals surface area contributed by atoms with Crippen molar-refractivity contribution in [3.63, 3.8) is 0 Å². The number of rotatable bonds is 7. The van der Waals surface area contributed by atoms with Crippen LogP contribution in [0.3, 0.4) is 0 Å². The van der Waals surface area contributed by atoms with Crippen molar-refractivity contribution in [3.05, 3.63) is 23.8 Å². The zero-order chi connectivity index (χ0) is 16.8. The predicted octanol–water partition coefficient (Wildman–Crippen LogP) is 1.50. The first-order valence-electron chi connectivity index (χ1n) is 7.83. The Bertz CT molecular complexity index is 568. The van der Waals surface area contributed by atoms with Crippen molar-refractivity contribution in [2.45, 2.75) is 38.1 Å². The number of benzene rings is 1. The second-order valence-corrected chi connectivity index (χ2v) is 5.79. The topological polar surface area (TPSA) is 81.9 Å². The van der Waals surface area contributed by atoms with Gasteiger partial charge in [0.1, 0.15) is 0 Å². The van der Waals surface area contributed by atoms with Crippen LogP contribution in [0.5, 0.6) is 11.5 Å². The van der Waals surface area contributed by atoms with Gasteiger partial charge >= 0.3 is 0 Å². The molecule has 0 radical (unpaired) electrons. The van der Waals surface area contributed by atoms with Gasteiger partial charge in [0, 0.05) is 6.04 Å². The van der Waals surface area contributed by atoms with Crippen LogP contribution in [0.4, 0.5) is 0 Å². The predicted molar refractivity (Wildman–Crippen MR) is 86.4 cm³/mol. The molecule has 6 nitrogen and oxygen atoms in total. The van der Waals surface area contributed by atoms with Crippen molar-refractivity contribution in [1.82, 2.24) is 4.90 Å². The molecule has 0 atom stereocenters. The van der Waals surface area contributed by atoms with Crippen molar-refractivity contribution in [2.24, 2.45) is 5.73 Å². The normalized spacial score (nSPS) is 14.5. The third kappa shape index (κ3) is 4.37. The standard InChI is InChI=1S/C17H24N2O4/c1-22-14-8-7-12(9-15(14)23-2)10-17(21)19(11-16(18)20)13-5-3-4-6-13/h7-9,13H,3-6,10-11H2,1-2H3,(H2,18,20). The highest BCUT2D eigenvalue weighted by molar-refractivity contribution is 5.85. The third-order valence-electron chi connectivity index (χ3n) is 4.22. The van der Waals surface area contributed by atoms with Crippen molar-refractivity contribution < 1.29 is 19.1 Å². The molecule has 1 saturated carbocycles. The Balaban J connectivity index is 2.12. The molecule has 0 heterocycles. The number of methoxy groups -OCH3 is 2. The van der Waals surface area contributed by atoms with Gasteiger partial charge in [-0.15, -0.1) is 0 Å². The van der Waals surface area contributed by atoms with E-state index in [0.717, 1.165) is 31.2 Å². The number of hydrogen-bond acceptors (Lipinski definition) is 4. The lowest BCUT2D eigenvalue weighted by atomic mass is 10.1. The van der Waals surface area contributed by atoms with Gasteiger partial charge in [-0.2, -0.15) is 0 Å². The monoisotopic (exact) mass is 320 g/mol. The van der Waals surface area contributed by atoms with E-state index in [1.165, 1.54) is 0 Å². The molecule has 0 aliphatic heterocycles. The van der Waals surface area contributed by atoms with Crippen LogP contribution < -0.4 is 15.2 Å². The van der Waals surface area contributed by atoms with Crippen molar-refractivity contribution >= 4 is 11.8 Å². The van der Waals surface area contributed by atoms with Crippen LogP contribution >= 0.6 is 0 Å². The summed E-state index contributed by atoms with van der Waals surface area (Å²) < 4.78 is 10.5. The number of hydrogen-bond donors (Lipinski definition) is 1. The van der Waals surface area contributed by atoms with E-state index in [9.17, 15) is 9.59 Å². The molecule has 23 heavy (non-hydrogen) atoms. The lowest BCUT2D eigenvalue weighted by molar-refractivity contribution is -0.136. The number of ether oxygens (including phenoxy) is 2. The Kier molecular flexibility index (Phi) is 5.84. The molecule has 1 aromatic carbocycles. The smallest absolute Gasteiger partial charge is 0.237 e. The van der Waals surface area contributed by atoms with Gasteiger partial charge in [0.15, 0.2) is 11.5 Å². The van der Waals surface area contributed by atoms with Gasteiger partial charge in [0.05, 0.1) is 27.2 Å². The van der Waals surface area contributed by atoms with Crippen LogP contribution in [-0.2, 0) is 16.0 Å². The van der Waals surface area contributed by atoms with Gasteiger partial charge in [0.2, 0.25) is 11.8 Å². The maximum atomic E-state index is 12.6. The summed E-state index contributed by atoms with van der Waals surface area (Å²) in [5.41, 5.74) is 6.13. The lowest BCUT2D eigenvalue weighted by Gasteiger charge is -2.28. The fourth-order valence-electron chi connectivity index (χ4n) is 3.07. The summed E-state index contributed by atoms with van der Waals surface area (Å²) in [5.74, 6) is 0.647. The SMILES string of the molecule is COc1ccc(CC(=O)N(CC(N)=O)C2CCCC2)cc1OC. The van der Waals surface area contributed by atoms with Gasteiger partial charge < -0.3 is 20.1 Å². The van der Waals surface area contributed by atoms with Crippen LogP contribution in [0, 0.1) is 0 Å². The fraction of sp³-hybridized carbons (Fsp3) is 0.529. The van der Waals surface area contributed by atoms with Crippen LogP contribution in [0.2, 0.25) is 0 Å². The summed E-state index contributed by atoms with van der Waals surface area (Å²) in [6.45, 7) is -0.0171. The maximum Gasteiger partial charge on any atom is 0.237 e. The number of amides is 2. The molecule has 0 saturated heterocycles. The molecule has 1 aliphatic rings. The van der Waals surface area contributed by atoms with Gasteiger partial charge in [-0.1, -0.05) is 18.9 Å². The van der Waals surface area contributed by atoms with Gasteiger partial charge in [-0.25, -0.2) is 0 Å². The highest BCUT2D eigenvalue weighted by Gasteiger charge is 2.27. The summed E-state index contributed by atoms with van der Waals surface area (Å²) >= 11 is 0. The number of nitrogens with two attached hydrogens (primary N) is 1. The Hall–Kier alpha value is -2.24. The summed E-state index contributed by atoms with van der Waals surface area (Å²) in [4.78, 5) is 25.6. The van der Waals surface area contributed by atoms with Gasteiger partial charge in [0.25, 0.3) is 0 Å². The van der Waals surface area contributed by atoms with E-state index in [1.807, 2.05) is 6.07 Å². The third-order valence-corrected chi connectivity index (χ3v) is 4.22. The molecule has 1 aromatic rings. The number of primary amides is 1. The molecule has 0 unspecified atom stereocenters. The molecular formula is C17H24N2O4. The second-order valence-electron chi connectivity index (χ2n) is 5.79. The Morgan fingerprint density at radius 3 is 2.39 bits per heavy atom. The molecule has 2 amide bonds. The first-order chi connectivity index (χ1) is 11.0. The van der Waals surface area contributed by atoms with E-state index in [-0.39, 0.29) is 24.9 Å². The highest BCUT2D eigenvalue weighted by Crippen LogP contribution is 2.28. The zero-order valence-electron chi connectivity index (χ0n) is 13.7. The molecule has 126 valence electrons. The van der Waals surface area contributed by atoms with Crippen LogP contribution in [0.25, 0.3) is 0 Å². The number of carbonyl (C=O) groups excluding carboxylic acids is 2. The second kappa shape index (κ2) is 7.85. The number of carbonyl (C=O) groups is 2. The quantitative estimate of drug-likeness (QED) is 0.825. The minimum absolute atomic E-state index is 0.0171. The first-order valence-corrected chi connectivity index (χ1v) is 7.83. The van der Waals surface area contributed by atoms with E-state index in [0.29, 0.717) is 11.5 Å². The van der Waals surface area contributed by atoms with Gasteiger partial charge in [-0.3, -0.25) is 9.59 Å². The molecule has 0 spiro atoms. The minimum atomic E-state index is -0.474. The Labute approximate surface area is 136 Å². The average molecular weight is 320 g/mol. The maximum absolute atomic E-state index is 12.6. The number of nitrogens with zero attached hydrogens (tertiary/aromatic N) is 1. The summed E-state index contributed by atoms with van der Waals surface area (Å²) in [6.07, 6.45) is 4.26. The molecule has 1 fully saturated rings. The lowest BCUT2D eigenvalue weighted by Crippen LogP contribution is -2.44. The Morgan fingerprint density at radius 1 is 1.17 bits per heavy atom. The first kappa shape index (κ1) is 17.1. The Morgan fingerprint density at radius 2 is 1.83 bits per heavy atom. The highest BCUT2D eigenvalue weighted by atomic mass is 16.5. The molecule has 2 N–H and O–H groups in total. The van der Waals surface area contributed by atoms with E-state index in [1.54, 1.807) is 31.3 Å². The van der Waals surface area contributed by atoms with Crippen molar-refractivity contribution in [1.29, 1.82) is 0 Å². The fourth-order valence-corrected chi connectivity index (χ4v) is 3.07. The molecule has 6 heteroatoms. The van der Waals surface area contributed by atoms with Crippen molar-refractivity contribution in [2.75, 3.05) is 20.8 Å². The van der Waals surface area contributed by atoms with E-state index in [2.05, 4.69) is 0 Å². The van der Waals surface area contributed by atoms with Crippen molar-refractivity contribution in [3.8, 4) is 11.5 Å². The summed E-state index contributed by atoms with van der Waals surface area (Å²) in [7, 11) is 3.12. The zero-order valence-corrected chi connectivity index (χ0v) is 13.7. The average Bonchev–Trinajstić information content (AvgIpc) is 3.06. The molecule has 2 rings (SSSR count). The summed E-state index contributed by atoms with van der Waals surface area (Å²) in [5, 5.41) is 0. The van der Waals surface area contributed by atoms with E-state index in [4.69, 9.17) is 15.2 Å². The van der Waals surface area contributed by atoms with E-state index >= 15 is 0 Å². The van der Waals surface area contributed by atoms with Gasteiger partial charge in [-0.05, 0) is 30.5 Å². The largest absolute Gasteiger partial charge is 0.493 e. The van der Waals surface area contributed by atoms with Crippen LogP contribution in [0.1, 0.15) is 31.2 Å². The minimum Gasteiger partial charge on any atom is -0.493 e. The molecular weight excluding hydrogens is 296 g/mol. The van der Waals surface area contributed by atoms with E-state index < -0.39 is 5.91 Å². The summed E-state index contributed by atoms with van der Waals surface area (Å²) in [6, 6.07) is 5.51. The van der Waals surface area contributed by atoms with Crippen LogP contribution in [0.15, 0.2) is 18.2 Å². The molecule has 1 aliphatic carbocycles. The molecule has 0 bridgehead atoms. The molecule has 0 aromatic heterocycles.